The molecule has 0 saturated heterocycles. The summed E-state index contributed by atoms with van der Waals surface area (Å²) in [7, 11) is 0. The average Bonchev–Trinajstić information content (AvgIpc) is 2.31. The third kappa shape index (κ3) is 0.736. The molecular formula is C8H9N. The van der Waals surface area contributed by atoms with E-state index in [9.17, 15) is 0 Å². The van der Waals surface area contributed by atoms with Gasteiger partial charge in [-0.3, -0.25) is 0 Å². The first-order chi connectivity index (χ1) is 7.20. The smallest absolute Gasteiger partial charge is 0.123 e. The molecule has 0 radical (unpaired) electrons. The summed E-state index contributed by atoms with van der Waals surface area (Å²) < 4.78 is 52.9. The van der Waals surface area contributed by atoms with E-state index < -0.39 is 13.0 Å². The molecule has 0 unspecified atom stereocenters. The molecule has 0 amide bonds. The van der Waals surface area contributed by atoms with Gasteiger partial charge in [-0.2, -0.15) is 0 Å². The Hall–Kier alpha value is -0.820. The van der Waals surface area contributed by atoms with E-state index >= 15 is 0 Å². The zero-order valence-corrected chi connectivity index (χ0v) is 4.60. The summed E-state index contributed by atoms with van der Waals surface area (Å²) in [6, 6.07) is 1.98. The third-order valence-electron chi connectivity index (χ3n) is 1.14. The van der Waals surface area contributed by atoms with Crippen molar-refractivity contribution >= 4 is 0 Å². The average molecular weight is 126 g/mol. The second-order valence-corrected chi connectivity index (χ2v) is 1.73. The van der Waals surface area contributed by atoms with Crippen LogP contribution in [0.5, 0.6) is 0 Å². The van der Waals surface area contributed by atoms with Crippen LogP contribution in [-0.2, 0) is 13.0 Å². The maximum Gasteiger partial charge on any atom is 0.123 e. The van der Waals surface area contributed by atoms with Gasteiger partial charge in [0.2, 0.25) is 0 Å². The lowest BCUT2D eigenvalue weighted by molar-refractivity contribution is 0.765. The molecule has 1 nitrogen and oxygen atoms in total. The maximum absolute atomic E-state index is 7.63. The number of hydrogen-bond donors (Lipinski definition) is 1. The van der Waals surface area contributed by atoms with Gasteiger partial charge < -0.3 is 5.31 Å². The minimum atomic E-state index is -2.38. The summed E-state index contributed by atoms with van der Waals surface area (Å²) in [4.78, 5) is 0. The van der Waals surface area contributed by atoms with Crippen LogP contribution in [0.25, 0.3) is 0 Å². The summed E-state index contributed by atoms with van der Waals surface area (Å²) in [5.41, 5.74) is -0.270. The predicted molar refractivity (Wildman–Crippen MR) is 37.0 cm³/mol. The molecular weight excluding hydrogens is 110 g/mol. The van der Waals surface area contributed by atoms with Gasteiger partial charge >= 0.3 is 0 Å². The monoisotopic (exact) mass is 126 g/mol. The van der Waals surface area contributed by atoms with Crippen LogP contribution in [0, 0.1) is 0 Å². The van der Waals surface area contributed by atoms with Crippen molar-refractivity contribution in [3.8, 4) is 0 Å². The molecule has 2 rings (SSSR count). The Balaban J connectivity index is 2.81. The first kappa shape index (κ1) is 1.61. The normalized spacial score (nSPS) is 40.2. The zero-order valence-electron chi connectivity index (χ0n) is 11.6. The summed E-state index contributed by atoms with van der Waals surface area (Å²) in [6.45, 7) is -4.66. The number of fused-ring (bicyclic) bond motifs is 1. The van der Waals surface area contributed by atoms with Gasteiger partial charge in [0.15, 0.2) is 0 Å². The lowest BCUT2D eigenvalue weighted by atomic mass is 10.1. The Labute approximate surface area is 64.6 Å². The summed E-state index contributed by atoms with van der Waals surface area (Å²) in [5.74, 6) is 0. The van der Waals surface area contributed by atoms with Crippen molar-refractivity contribution in [2.24, 2.45) is 0 Å². The van der Waals surface area contributed by atoms with E-state index in [1.165, 1.54) is 12.1 Å². The molecule has 0 aromatic heterocycles. The Morgan fingerprint density at radius 1 is 1.67 bits per heavy atom. The fourth-order valence-corrected chi connectivity index (χ4v) is 0.715. The van der Waals surface area contributed by atoms with Crippen LogP contribution in [0.3, 0.4) is 0 Å². The lowest BCUT2D eigenvalue weighted by Crippen LogP contribution is -1.99. The standard InChI is InChI=1S/C8H9N/c1-2-4-8-6-9-5-7(8)3-1/h1-4,9H,5-6H2/i1D,3D,5D2,6D2/hD. The molecule has 0 aliphatic carbocycles. The van der Waals surface area contributed by atoms with E-state index in [0.29, 0.717) is 0 Å². The van der Waals surface area contributed by atoms with Crippen LogP contribution in [0.4, 0.5) is 0 Å². The molecule has 1 heteroatoms. The largest absolute Gasteiger partial charge is 0.309 e. The first-order valence-corrected chi connectivity index (χ1v) is 2.61. The Kier molecular flexibility index (Phi) is 0.331. The van der Waals surface area contributed by atoms with Crippen LogP contribution in [0.15, 0.2) is 24.2 Å². The van der Waals surface area contributed by atoms with Gasteiger partial charge in [0, 0.05) is 18.5 Å². The summed E-state index contributed by atoms with van der Waals surface area (Å²) in [6.07, 6.45) is 0. The molecule has 0 saturated carbocycles. The molecule has 46 valence electrons. The van der Waals surface area contributed by atoms with Gasteiger partial charge in [-0.1, -0.05) is 24.2 Å². The third-order valence-corrected chi connectivity index (χ3v) is 1.14. The molecule has 1 aromatic carbocycles. The van der Waals surface area contributed by atoms with E-state index in [1.54, 1.807) is 0 Å². The molecule has 1 N–H and O–H groups in total. The lowest BCUT2D eigenvalue weighted by Gasteiger charge is -1.91. The molecule has 0 fully saturated rings. The molecule has 9 heavy (non-hydrogen) atoms. The number of hydrogen-bond acceptors (Lipinski definition) is 1. The molecule has 0 atom stereocenters. The minimum Gasteiger partial charge on any atom is -0.309 e. The second-order valence-electron chi connectivity index (χ2n) is 1.73. The van der Waals surface area contributed by atoms with Crippen molar-refractivity contribution in [1.82, 2.24) is 5.31 Å². The van der Waals surface area contributed by atoms with Crippen molar-refractivity contribution < 1.29 is 9.64 Å². The van der Waals surface area contributed by atoms with Gasteiger partial charge in [0.25, 0.3) is 0 Å². The van der Waals surface area contributed by atoms with Gasteiger partial charge in [0.05, 0.1) is 2.74 Å². The maximum atomic E-state index is 7.63. The van der Waals surface area contributed by atoms with Crippen LogP contribution < -0.4 is 5.31 Å². The quantitative estimate of drug-likeness (QED) is 0.552. The van der Waals surface area contributed by atoms with Crippen molar-refractivity contribution in [3.63, 3.8) is 0 Å². The van der Waals surface area contributed by atoms with E-state index in [2.05, 4.69) is 0 Å². The molecule has 1 aliphatic heterocycles. The van der Waals surface area contributed by atoms with Crippen molar-refractivity contribution in [3.05, 3.63) is 35.3 Å². The van der Waals surface area contributed by atoms with Crippen LogP contribution >= 0.6 is 0 Å². The fraction of sp³-hybridized carbons (Fsp3) is 0.250. The van der Waals surface area contributed by atoms with Crippen molar-refractivity contribution in [2.45, 2.75) is 13.0 Å². The number of nitrogens with one attached hydrogen (secondary N) is 1. The molecule has 0 spiro atoms. The number of benzene rings is 1. The van der Waals surface area contributed by atoms with Gasteiger partial charge in [-0.15, -0.1) is 0 Å². The summed E-state index contributed by atoms with van der Waals surface area (Å²) in [5, 5.41) is 0.197. The highest BCUT2D eigenvalue weighted by Crippen LogP contribution is 2.12. The zero-order chi connectivity index (χ0) is 12.3. The second kappa shape index (κ2) is 1.85. The highest BCUT2D eigenvalue weighted by molar-refractivity contribution is 5.29. The van der Waals surface area contributed by atoms with Gasteiger partial charge in [-0.25, -0.2) is 0 Å². The topological polar surface area (TPSA) is 12.0 Å². The molecule has 1 aromatic rings. The van der Waals surface area contributed by atoms with E-state index in [0.717, 1.165) is 0 Å². The Bertz CT molecular complexity index is 456. The Morgan fingerprint density at radius 2 is 2.56 bits per heavy atom. The van der Waals surface area contributed by atoms with Gasteiger partial charge in [-0.05, 0) is 11.1 Å². The number of rotatable bonds is 0. The molecule has 0 bridgehead atoms. The van der Waals surface area contributed by atoms with E-state index in [1.807, 2.05) is 0 Å². The highest BCUT2D eigenvalue weighted by Gasteiger charge is 2.06. The van der Waals surface area contributed by atoms with E-state index in [4.69, 9.17) is 9.64 Å². The molecule has 1 aliphatic rings. The van der Waals surface area contributed by atoms with Crippen LogP contribution in [-0.4, -0.2) is 0 Å². The highest BCUT2D eigenvalue weighted by atomic mass is 14.9. The SMILES string of the molecule is [2H]c1ccc2c(c1[2H])C([2H])([2H])N([2H])C2([2H])[2H]. The van der Waals surface area contributed by atoms with E-state index in [-0.39, 0.29) is 28.5 Å². The first-order valence-electron chi connectivity index (χ1n) is 6.06. The van der Waals surface area contributed by atoms with Gasteiger partial charge in [0.1, 0.15) is 1.41 Å². The Morgan fingerprint density at radius 3 is 3.56 bits per heavy atom. The van der Waals surface area contributed by atoms with Crippen molar-refractivity contribution in [1.29, 1.82) is 0 Å². The minimum absolute atomic E-state index is 0.0477. The summed E-state index contributed by atoms with van der Waals surface area (Å²) >= 11 is 0. The van der Waals surface area contributed by atoms with Crippen LogP contribution in [0.1, 0.15) is 19.4 Å². The predicted octanol–water partition coefficient (Wildman–Crippen LogP) is 1.29. The fourth-order valence-electron chi connectivity index (χ4n) is 0.715. The van der Waals surface area contributed by atoms with Crippen molar-refractivity contribution in [2.75, 3.05) is 0 Å². The van der Waals surface area contributed by atoms with Crippen LogP contribution in [0.2, 0.25) is 1.41 Å². The molecule has 1 heterocycles.